The first-order chi connectivity index (χ1) is 15.9. The van der Waals surface area contributed by atoms with Gasteiger partial charge in [-0.05, 0) is 39.8 Å². The van der Waals surface area contributed by atoms with Crippen LogP contribution in [0.15, 0.2) is 53.5 Å². The molecule has 1 aromatic heterocycles. The average molecular weight is 500 g/mol. The van der Waals surface area contributed by atoms with Gasteiger partial charge in [-0.25, -0.2) is 4.68 Å². The standard InChI is InChI=1S/C24H24BCl2N3O4/c1-23(2)24(3,4)34-25(33-23)17-10-6-8-14(19(17)26)15-9-7-11-18(20(15)27)29-21(31)16-12-13-28-30(5)22(16)32/h6-13H,1-5H3,(H,29,31). The maximum absolute atomic E-state index is 12.7. The van der Waals surface area contributed by atoms with Crippen molar-refractivity contribution in [1.29, 1.82) is 0 Å². The molecule has 3 aromatic rings. The minimum absolute atomic E-state index is 0.0419. The third-order valence-corrected chi connectivity index (χ3v) is 7.15. The van der Waals surface area contributed by atoms with Crippen LogP contribution >= 0.6 is 23.2 Å². The van der Waals surface area contributed by atoms with Crippen molar-refractivity contribution in [3.8, 4) is 11.1 Å². The Labute approximate surface area is 208 Å². The van der Waals surface area contributed by atoms with Crippen LogP contribution in [0.1, 0.15) is 38.1 Å². The number of hydrogen-bond donors (Lipinski definition) is 1. The molecule has 1 amide bonds. The van der Waals surface area contributed by atoms with E-state index in [0.717, 1.165) is 4.68 Å². The van der Waals surface area contributed by atoms with Crippen LogP contribution in [-0.2, 0) is 16.4 Å². The lowest BCUT2D eigenvalue weighted by molar-refractivity contribution is 0.00578. The molecule has 0 spiro atoms. The predicted octanol–water partition coefficient (Wildman–Crippen LogP) is 4.31. The van der Waals surface area contributed by atoms with E-state index in [1.54, 1.807) is 18.2 Å². The second-order valence-corrected chi connectivity index (χ2v) is 9.85. The predicted molar refractivity (Wildman–Crippen MR) is 135 cm³/mol. The zero-order valence-electron chi connectivity index (χ0n) is 19.5. The van der Waals surface area contributed by atoms with Crippen LogP contribution in [-0.4, -0.2) is 34.0 Å². The maximum Gasteiger partial charge on any atom is 0.496 e. The fraction of sp³-hybridized carbons (Fsp3) is 0.292. The zero-order chi connectivity index (χ0) is 24.8. The maximum atomic E-state index is 12.7. The highest BCUT2D eigenvalue weighted by Crippen LogP contribution is 2.40. The Morgan fingerprint density at radius 2 is 1.56 bits per heavy atom. The van der Waals surface area contributed by atoms with Crippen LogP contribution in [0.5, 0.6) is 0 Å². The molecule has 1 fully saturated rings. The molecule has 1 aliphatic heterocycles. The summed E-state index contributed by atoms with van der Waals surface area (Å²) < 4.78 is 13.4. The smallest absolute Gasteiger partial charge is 0.399 e. The topological polar surface area (TPSA) is 82.5 Å². The number of rotatable bonds is 4. The summed E-state index contributed by atoms with van der Waals surface area (Å²) in [5.74, 6) is -0.584. The molecule has 1 N–H and O–H groups in total. The van der Waals surface area contributed by atoms with Crippen molar-refractivity contribution in [3.05, 3.63) is 74.6 Å². The van der Waals surface area contributed by atoms with Gasteiger partial charge in [-0.3, -0.25) is 9.59 Å². The van der Waals surface area contributed by atoms with E-state index < -0.39 is 29.8 Å². The number of nitrogens with one attached hydrogen (secondary N) is 1. The number of hydrogen-bond acceptors (Lipinski definition) is 5. The van der Waals surface area contributed by atoms with Gasteiger partial charge in [0, 0.05) is 34.9 Å². The lowest BCUT2D eigenvalue weighted by Crippen LogP contribution is -2.41. The van der Waals surface area contributed by atoms with Gasteiger partial charge in [-0.1, -0.05) is 53.5 Å². The van der Waals surface area contributed by atoms with Gasteiger partial charge < -0.3 is 14.6 Å². The molecular weight excluding hydrogens is 476 g/mol. The first-order valence-electron chi connectivity index (χ1n) is 10.7. The van der Waals surface area contributed by atoms with E-state index in [1.165, 1.54) is 19.3 Å². The van der Waals surface area contributed by atoms with E-state index in [2.05, 4.69) is 10.4 Å². The lowest BCUT2D eigenvalue weighted by Gasteiger charge is -2.32. The molecule has 7 nitrogen and oxygen atoms in total. The second-order valence-electron chi connectivity index (χ2n) is 9.09. The highest BCUT2D eigenvalue weighted by molar-refractivity contribution is 6.66. The summed E-state index contributed by atoms with van der Waals surface area (Å²) in [6.45, 7) is 7.90. The highest BCUT2D eigenvalue weighted by Gasteiger charge is 2.52. The third-order valence-electron chi connectivity index (χ3n) is 6.32. The minimum atomic E-state index is -0.637. The summed E-state index contributed by atoms with van der Waals surface area (Å²) in [6, 6.07) is 12.1. The Balaban J connectivity index is 1.69. The number of anilines is 1. The summed E-state index contributed by atoms with van der Waals surface area (Å²) in [4.78, 5) is 25.0. The first-order valence-corrected chi connectivity index (χ1v) is 11.4. The lowest BCUT2D eigenvalue weighted by atomic mass is 9.77. The SMILES string of the molecule is Cn1nccc(C(=O)Nc2cccc(-c3cccc(B4OC(C)(C)C(C)(C)O4)c3Cl)c2Cl)c1=O. The molecule has 2 heterocycles. The van der Waals surface area contributed by atoms with Gasteiger partial charge in [0.15, 0.2) is 0 Å². The van der Waals surface area contributed by atoms with Gasteiger partial charge in [0.1, 0.15) is 5.56 Å². The van der Waals surface area contributed by atoms with E-state index in [4.69, 9.17) is 32.5 Å². The largest absolute Gasteiger partial charge is 0.496 e. The normalized spacial score (nSPS) is 16.5. The average Bonchev–Trinajstić information content (AvgIpc) is 2.98. The van der Waals surface area contributed by atoms with Crippen molar-refractivity contribution >= 4 is 47.4 Å². The molecule has 1 saturated heterocycles. The quantitative estimate of drug-likeness (QED) is 0.541. The van der Waals surface area contributed by atoms with Gasteiger partial charge >= 0.3 is 7.12 Å². The molecule has 4 rings (SSSR count). The van der Waals surface area contributed by atoms with Crippen molar-refractivity contribution in [2.45, 2.75) is 38.9 Å². The molecular formula is C24H24BCl2N3O4. The van der Waals surface area contributed by atoms with Crippen LogP contribution in [0.3, 0.4) is 0 Å². The van der Waals surface area contributed by atoms with Crippen LogP contribution in [0, 0.1) is 0 Å². The molecule has 0 radical (unpaired) electrons. The summed E-state index contributed by atoms with van der Waals surface area (Å²) in [6.07, 6.45) is 1.38. The molecule has 0 unspecified atom stereocenters. The van der Waals surface area contributed by atoms with Gasteiger partial charge in [0.2, 0.25) is 0 Å². The Morgan fingerprint density at radius 3 is 2.21 bits per heavy atom. The van der Waals surface area contributed by atoms with Crippen molar-refractivity contribution in [2.24, 2.45) is 7.05 Å². The molecule has 10 heteroatoms. The molecule has 2 aromatic carbocycles. The highest BCUT2D eigenvalue weighted by atomic mass is 35.5. The summed E-state index contributed by atoms with van der Waals surface area (Å²) in [7, 11) is 0.837. The van der Waals surface area contributed by atoms with Crippen molar-refractivity contribution in [2.75, 3.05) is 5.32 Å². The summed E-state index contributed by atoms with van der Waals surface area (Å²) in [5, 5.41) is 7.27. The number of halogens is 2. The monoisotopic (exact) mass is 499 g/mol. The van der Waals surface area contributed by atoms with Crippen LogP contribution < -0.4 is 16.3 Å². The minimum Gasteiger partial charge on any atom is -0.399 e. The van der Waals surface area contributed by atoms with Crippen LogP contribution in [0.25, 0.3) is 11.1 Å². The third kappa shape index (κ3) is 4.27. The number of carbonyl (C=O) groups is 1. The molecule has 1 aliphatic rings. The zero-order valence-corrected chi connectivity index (χ0v) is 21.0. The van der Waals surface area contributed by atoms with Gasteiger partial charge in [-0.15, -0.1) is 0 Å². The van der Waals surface area contributed by atoms with Gasteiger partial charge in [0.05, 0.1) is 21.9 Å². The number of aryl methyl sites for hydroxylation is 1. The Bertz CT molecular complexity index is 1320. The van der Waals surface area contributed by atoms with E-state index in [1.807, 2.05) is 45.9 Å². The number of benzene rings is 2. The van der Waals surface area contributed by atoms with Crippen LogP contribution in [0.4, 0.5) is 5.69 Å². The Hall–Kier alpha value is -2.65. The second kappa shape index (κ2) is 8.85. The first kappa shape index (κ1) is 24.5. The molecule has 0 aliphatic carbocycles. The number of carbonyl (C=O) groups excluding carboxylic acids is 1. The van der Waals surface area contributed by atoms with E-state index >= 15 is 0 Å². The van der Waals surface area contributed by atoms with Crippen LogP contribution in [0.2, 0.25) is 10.0 Å². The van der Waals surface area contributed by atoms with Crippen molar-refractivity contribution in [1.82, 2.24) is 9.78 Å². The number of nitrogens with zero attached hydrogens (tertiary/aromatic N) is 2. The Kier molecular flexibility index (Phi) is 6.37. The summed E-state index contributed by atoms with van der Waals surface area (Å²) >= 11 is 13.5. The van der Waals surface area contributed by atoms with Crippen molar-refractivity contribution in [3.63, 3.8) is 0 Å². The molecule has 0 bridgehead atoms. The van der Waals surface area contributed by atoms with Gasteiger partial charge in [0.25, 0.3) is 11.5 Å². The van der Waals surface area contributed by atoms with E-state index in [-0.39, 0.29) is 10.6 Å². The fourth-order valence-corrected chi connectivity index (χ4v) is 4.21. The molecule has 0 saturated carbocycles. The van der Waals surface area contributed by atoms with Gasteiger partial charge in [-0.2, -0.15) is 5.10 Å². The van der Waals surface area contributed by atoms with E-state index in [9.17, 15) is 9.59 Å². The van der Waals surface area contributed by atoms with Crippen molar-refractivity contribution < 1.29 is 14.1 Å². The van der Waals surface area contributed by atoms with E-state index in [0.29, 0.717) is 27.3 Å². The molecule has 176 valence electrons. The summed E-state index contributed by atoms with van der Waals surface area (Å²) in [5.41, 5.74) is 0.736. The molecule has 0 atom stereocenters. The number of aromatic nitrogens is 2. The number of amides is 1. The fourth-order valence-electron chi connectivity index (χ4n) is 3.61. The Morgan fingerprint density at radius 1 is 0.971 bits per heavy atom. The molecule has 34 heavy (non-hydrogen) atoms.